The predicted octanol–water partition coefficient (Wildman–Crippen LogP) is 1.31. The number of nitrogens with two attached hydrogens (primary N) is 1. The molecule has 1 aromatic heterocycles. The zero-order valence-electron chi connectivity index (χ0n) is 16.7. The Labute approximate surface area is 175 Å². The molecule has 0 amide bonds. The number of halogens is 2. The number of carbonyl (C=O) groups is 1. The smallest absolute Gasteiger partial charge is 0.341 e. The number of nitrogens with one attached hydrogen (secondary N) is 1. The van der Waals surface area contributed by atoms with Crippen LogP contribution in [0.5, 0.6) is 0 Å². The fourth-order valence-corrected chi connectivity index (χ4v) is 4.62. The molecule has 1 aromatic carbocycles. The zero-order valence-corrected chi connectivity index (χ0v) is 16.7. The number of hydrogen-bond acceptors (Lipinski definition) is 7. The van der Waals surface area contributed by atoms with E-state index in [1.54, 1.807) is 0 Å². The van der Waals surface area contributed by atoms with E-state index in [0.717, 1.165) is 6.20 Å². The maximum Gasteiger partial charge on any atom is 0.341 e. The van der Waals surface area contributed by atoms with E-state index in [1.165, 1.54) is 16.6 Å². The summed E-state index contributed by atoms with van der Waals surface area (Å²) in [5.74, 6) is -3.47. The lowest BCUT2D eigenvalue weighted by atomic mass is 9.79. The van der Waals surface area contributed by atoms with Gasteiger partial charge >= 0.3 is 5.97 Å². The molecule has 11 heteroatoms. The van der Waals surface area contributed by atoms with Crippen molar-refractivity contribution in [3.63, 3.8) is 0 Å². The molecule has 1 spiro atoms. The Bertz CT molecular complexity index is 1220. The second-order valence-corrected chi connectivity index (χ2v) is 8.39. The van der Waals surface area contributed by atoms with Crippen molar-refractivity contribution in [2.24, 2.45) is 10.6 Å². The van der Waals surface area contributed by atoms with Crippen LogP contribution in [-0.2, 0) is 4.84 Å². The van der Waals surface area contributed by atoms with E-state index < -0.39 is 39.7 Å². The van der Waals surface area contributed by atoms with Crippen molar-refractivity contribution in [1.82, 2.24) is 9.88 Å². The standard InChI is InChI=1S/C20H21F2N5O4/c1-31-25-11-5-26(8-20(11)6-24-7-20)17-13(21)15(23)12-16(14(17)22)27(9-2-3-9)4-10(18(12)28)19(29)30/h4,9,24H,2-3,5-8,23H2,1H3,(H,29,30). The first-order valence-corrected chi connectivity index (χ1v) is 9.94. The Morgan fingerprint density at radius 1 is 1.35 bits per heavy atom. The Morgan fingerprint density at radius 2 is 2.06 bits per heavy atom. The van der Waals surface area contributed by atoms with Crippen LogP contribution >= 0.6 is 0 Å². The topological polar surface area (TPSA) is 122 Å². The predicted molar refractivity (Wildman–Crippen MR) is 110 cm³/mol. The quantitative estimate of drug-likeness (QED) is 0.491. The summed E-state index contributed by atoms with van der Waals surface area (Å²) in [7, 11) is 1.42. The van der Waals surface area contributed by atoms with Crippen LogP contribution in [0.1, 0.15) is 29.2 Å². The number of pyridine rings is 1. The van der Waals surface area contributed by atoms with E-state index in [9.17, 15) is 14.7 Å². The Morgan fingerprint density at radius 3 is 2.61 bits per heavy atom. The lowest BCUT2D eigenvalue weighted by molar-refractivity contribution is 0.0695. The van der Waals surface area contributed by atoms with Gasteiger partial charge in [-0.25, -0.2) is 13.6 Å². The molecule has 3 aliphatic rings. The highest BCUT2D eigenvalue weighted by Gasteiger charge is 2.50. The van der Waals surface area contributed by atoms with Crippen LogP contribution in [0.4, 0.5) is 20.2 Å². The molecule has 3 fully saturated rings. The highest BCUT2D eigenvalue weighted by Crippen LogP contribution is 2.43. The zero-order chi connectivity index (χ0) is 22.1. The average Bonchev–Trinajstić information content (AvgIpc) is 3.46. The van der Waals surface area contributed by atoms with Gasteiger partial charge in [-0.15, -0.1) is 0 Å². The van der Waals surface area contributed by atoms with E-state index >= 15 is 8.78 Å². The molecule has 5 rings (SSSR count). The second-order valence-electron chi connectivity index (χ2n) is 8.39. The highest BCUT2D eigenvalue weighted by molar-refractivity contribution is 6.02. The third kappa shape index (κ3) is 2.72. The number of rotatable bonds is 4. The Kier molecular flexibility index (Phi) is 4.23. The first-order chi connectivity index (χ1) is 14.8. The Hall–Kier alpha value is -3.21. The van der Waals surface area contributed by atoms with Crippen LogP contribution in [0.3, 0.4) is 0 Å². The number of hydrogen-bond donors (Lipinski definition) is 3. The number of oxime groups is 1. The second kappa shape index (κ2) is 6.64. The molecule has 4 N–H and O–H groups in total. The van der Waals surface area contributed by atoms with Gasteiger partial charge in [0, 0.05) is 31.9 Å². The largest absolute Gasteiger partial charge is 0.477 e. The molecule has 1 saturated carbocycles. The van der Waals surface area contributed by atoms with Gasteiger partial charge in [-0.1, -0.05) is 5.16 Å². The number of carboxylic acid groups (broad SMARTS) is 1. The van der Waals surface area contributed by atoms with Crippen LogP contribution in [0.15, 0.2) is 16.1 Å². The number of carboxylic acids is 1. The summed E-state index contributed by atoms with van der Waals surface area (Å²) >= 11 is 0. The first kappa shape index (κ1) is 19.7. The lowest BCUT2D eigenvalue weighted by Gasteiger charge is -2.39. The molecule has 1 aliphatic carbocycles. The highest BCUT2D eigenvalue weighted by atomic mass is 19.1. The molecule has 2 aliphatic heterocycles. The van der Waals surface area contributed by atoms with Crippen molar-refractivity contribution in [3.05, 3.63) is 33.6 Å². The molecule has 0 bridgehead atoms. The summed E-state index contributed by atoms with van der Waals surface area (Å²) in [6.07, 6.45) is 2.53. The van der Waals surface area contributed by atoms with Crippen molar-refractivity contribution in [2.75, 3.05) is 43.9 Å². The minimum absolute atomic E-state index is 0.148. The van der Waals surface area contributed by atoms with Crippen molar-refractivity contribution >= 4 is 34.0 Å². The van der Waals surface area contributed by atoms with Gasteiger partial charge in [0.1, 0.15) is 18.4 Å². The minimum Gasteiger partial charge on any atom is -0.477 e. The molecule has 2 aromatic rings. The number of nitrogens with zero attached hydrogens (tertiary/aromatic N) is 3. The van der Waals surface area contributed by atoms with Gasteiger partial charge in [0.25, 0.3) is 0 Å². The number of fused-ring (bicyclic) bond motifs is 1. The monoisotopic (exact) mass is 433 g/mol. The molecule has 0 atom stereocenters. The SMILES string of the molecule is CON=C1CN(c2c(F)c(N)c3c(=O)c(C(=O)O)cn(C4CC4)c3c2F)CC12CNC2. The molecule has 31 heavy (non-hydrogen) atoms. The van der Waals surface area contributed by atoms with Crippen molar-refractivity contribution in [1.29, 1.82) is 0 Å². The number of aromatic carboxylic acids is 1. The average molecular weight is 433 g/mol. The fraction of sp³-hybridized carbons (Fsp3) is 0.450. The molecule has 3 heterocycles. The molecule has 0 unspecified atom stereocenters. The molecule has 2 saturated heterocycles. The molecule has 0 radical (unpaired) electrons. The summed E-state index contributed by atoms with van der Waals surface area (Å²) in [6.45, 7) is 1.66. The van der Waals surface area contributed by atoms with Gasteiger partial charge in [0.15, 0.2) is 11.6 Å². The number of benzene rings is 1. The van der Waals surface area contributed by atoms with Crippen molar-refractivity contribution < 1.29 is 23.5 Å². The minimum atomic E-state index is -1.47. The molecule has 164 valence electrons. The van der Waals surface area contributed by atoms with Gasteiger partial charge in [-0.3, -0.25) is 4.79 Å². The summed E-state index contributed by atoms with van der Waals surface area (Å²) in [6, 6.07) is -0.167. The molecular formula is C20H21F2N5O4. The third-order valence-corrected chi connectivity index (χ3v) is 6.43. The van der Waals surface area contributed by atoms with E-state index in [2.05, 4.69) is 10.5 Å². The lowest BCUT2D eigenvalue weighted by Crippen LogP contribution is -2.58. The van der Waals surface area contributed by atoms with Gasteiger partial charge in [-0.2, -0.15) is 0 Å². The number of anilines is 2. The summed E-state index contributed by atoms with van der Waals surface area (Å²) in [5, 5.41) is 16.2. The van der Waals surface area contributed by atoms with Gasteiger partial charge in [-0.05, 0) is 12.8 Å². The van der Waals surface area contributed by atoms with Crippen molar-refractivity contribution in [3.8, 4) is 0 Å². The van der Waals surface area contributed by atoms with Crippen LogP contribution < -0.4 is 21.4 Å². The fourth-order valence-electron chi connectivity index (χ4n) is 4.62. The van der Waals surface area contributed by atoms with Crippen LogP contribution in [0, 0.1) is 17.0 Å². The van der Waals surface area contributed by atoms with Crippen LogP contribution in [0.25, 0.3) is 10.9 Å². The normalized spacial score (nSPS) is 21.1. The number of nitrogen functional groups attached to an aromatic ring is 1. The molecular weight excluding hydrogens is 412 g/mol. The molecule has 9 nitrogen and oxygen atoms in total. The third-order valence-electron chi connectivity index (χ3n) is 6.43. The maximum atomic E-state index is 15.9. The van der Waals surface area contributed by atoms with E-state index in [4.69, 9.17) is 10.6 Å². The van der Waals surface area contributed by atoms with Crippen LogP contribution in [-0.4, -0.2) is 54.6 Å². The van der Waals surface area contributed by atoms with Crippen LogP contribution in [0.2, 0.25) is 0 Å². The van der Waals surface area contributed by atoms with E-state index in [1.807, 2.05) is 0 Å². The summed E-state index contributed by atoms with van der Waals surface area (Å²) in [5.41, 5.74) is 3.66. The summed E-state index contributed by atoms with van der Waals surface area (Å²) < 4.78 is 32.7. The first-order valence-electron chi connectivity index (χ1n) is 9.94. The summed E-state index contributed by atoms with van der Waals surface area (Å²) in [4.78, 5) is 30.7. The van der Waals surface area contributed by atoms with E-state index in [0.29, 0.717) is 38.2 Å². The van der Waals surface area contributed by atoms with E-state index in [-0.39, 0.29) is 29.2 Å². The van der Waals surface area contributed by atoms with Gasteiger partial charge < -0.3 is 30.5 Å². The van der Waals surface area contributed by atoms with Gasteiger partial charge in [0.05, 0.1) is 34.3 Å². The van der Waals surface area contributed by atoms with Crippen molar-refractivity contribution in [2.45, 2.75) is 18.9 Å². The maximum absolute atomic E-state index is 15.9. The van der Waals surface area contributed by atoms with Gasteiger partial charge in [0.2, 0.25) is 5.43 Å². The number of aromatic nitrogens is 1. The Balaban J connectivity index is 1.75.